The number of aryl methyl sites for hydroxylation is 1. The van der Waals surface area contributed by atoms with E-state index >= 15 is 0 Å². The predicted molar refractivity (Wildman–Crippen MR) is 86.1 cm³/mol. The fourth-order valence-corrected chi connectivity index (χ4v) is 2.48. The molecule has 0 radical (unpaired) electrons. The van der Waals surface area contributed by atoms with E-state index in [1.807, 2.05) is 37.3 Å². The molecule has 0 aliphatic rings. The number of amides is 1. The minimum atomic E-state index is -0.224. The third kappa shape index (κ3) is 4.33. The van der Waals surface area contributed by atoms with E-state index in [9.17, 15) is 15.0 Å². The Bertz CT molecular complexity index is 605. The molecule has 3 N–H and O–H groups in total. The summed E-state index contributed by atoms with van der Waals surface area (Å²) in [6.07, 6.45) is 0.587. The predicted octanol–water partition coefficient (Wildman–Crippen LogP) is 2.60. The molecule has 4 heteroatoms. The molecule has 2 aromatic carbocycles. The highest BCUT2D eigenvalue weighted by Gasteiger charge is 2.14. The molecule has 4 nitrogen and oxygen atoms in total. The van der Waals surface area contributed by atoms with Crippen molar-refractivity contribution >= 4 is 5.91 Å². The molecular formula is C18H21NO3. The smallest absolute Gasteiger partial charge is 0.251 e. The van der Waals surface area contributed by atoms with Crippen molar-refractivity contribution in [1.29, 1.82) is 0 Å². The Labute approximate surface area is 130 Å². The van der Waals surface area contributed by atoms with E-state index in [1.54, 1.807) is 12.1 Å². The van der Waals surface area contributed by atoms with Gasteiger partial charge in [-0.1, -0.05) is 30.3 Å². The number of benzene rings is 2. The molecule has 0 heterocycles. The van der Waals surface area contributed by atoms with Crippen molar-refractivity contribution in [2.24, 2.45) is 0 Å². The monoisotopic (exact) mass is 299 g/mol. The Morgan fingerprint density at radius 1 is 1.18 bits per heavy atom. The first-order valence-electron chi connectivity index (χ1n) is 7.35. The molecule has 2 aromatic rings. The van der Waals surface area contributed by atoms with Crippen molar-refractivity contribution in [2.75, 3.05) is 13.2 Å². The second-order valence-corrected chi connectivity index (χ2v) is 5.39. The van der Waals surface area contributed by atoms with E-state index < -0.39 is 0 Å². The van der Waals surface area contributed by atoms with Gasteiger partial charge >= 0.3 is 0 Å². The Morgan fingerprint density at radius 3 is 2.55 bits per heavy atom. The number of phenols is 1. The molecule has 2 rings (SSSR count). The first-order chi connectivity index (χ1) is 10.6. The van der Waals surface area contributed by atoms with Crippen LogP contribution >= 0.6 is 0 Å². The highest BCUT2D eigenvalue weighted by molar-refractivity contribution is 5.94. The summed E-state index contributed by atoms with van der Waals surface area (Å²) in [7, 11) is 0. The minimum Gasteiger partial charge on any atom is -0.508 e. The number of carbonyl (C=O) groups excluding carboxylic acids is 1. The van der Waals surface area contributed by atoms with E-state index in [2.05, 4.69) is 5.32 Å². The van der Waals surface area contributed by atoms with Gasteiger partial charge in [-0.05, 0) is 42.7 Å². The standard InChI is InChI=1S/C18H21NO3/c1-13-9-16(11-17(21)10-13)18(22)19-12-15(7-8-20)14-5-3-2-4-6-14/h2-6,9-11,15,20-21H,7-8,12H2,1H3,(H,19,22). The number of carbonyl (C=O) groups is 1. The van der Waals surface area contributed by atoms with Crippen LogP contribution in [0.3, 0.4) is 0 Å². The zero-order chi connectivity index (χ0) is 15.9. The largest absolute Gasteiger partial charge is 0.508 e. The normalized spacial score (nSPS) is 11.9. The summed E-state index contributed by atoms with van der Waals surface area (Å²) in [6.45, 7) is 2.34. The lowest BCUT2D eigenvalue weighted by molar-refractivity contribution is 0.0949. The van der Waals surface area contributed by atoms with Gasteiger partial charge in [-0.2, -0.15) is 0 Å². The maximum Gasteiger partial charge on any atom is 0.251 e. The third-order valence-electron chi connectivity index (χ3n) is 3.58. The van der Waals surface area contributed by atoms with E-state index in [0.29, 0.717) is 18.5 Å². The van der Waals surface area contributed by atoms with Gasteiger partial charge in [-0.3, -0.25) is 4.79 Å². The fourth-order valence-electron chi connectivity index (χ4n) is 2.48. The molecule has 0 aliphatic heterocycles. The third-order valence-corrected chi connectivity index (χ3v) is 3.58. The molecule has 0 fully saturated rings. The Morgan fingerprint density at radius 2 is 1.91 bits per heavy atom. The van der Waals surface area contributed by atoms with Crippen LogP contribution in [-0.2, 0) is 0 Å². The summed E-state index contributed by atoms with van der Waals surface area (Å²) >= 11 is 0. The Balaban J connectivity index is 2.04. The molecule has 0 spiro atoms. The molecular weight excluding hydrogens is 278 g/mol. The van der Waals surface area contributed by atoms with Gasteiger partial charge in [0.05, 0.1) is 0 Å². The summed E-state index contributed by atoms with van der Waals surface area (Å²) in [6, 6.07) is 14.6. The van der Waals surface area contributed by atoms with Gasteiger partial charge in [0.15, 0.2) is 0 Å². The van der Waals surface area contributed by atoms with Crippen LogP contribution in [0, 0.1) is 6.92 Å². The van der Waals surface area contributed by atoms with E-state index in [0.717, 1.165) is 11.1 Å². The van der Waals surface area contributed by atoms with Crippen LogP contribution in [-0.4, -0.2) is 29.3 Å². The van der Waals surface area contributed by atoms with Gasteiger partial charge in [0.25, 0.3) is 5.91 Å². The van der Waals surface area contributed by atoms with Crippen molar-refractivity contribution in [3.05, 3.63) is 65.2 Å². The van der Waals surface area contributed by atoms with Crippen LogP contribution in [0.1, 0.15) is 33.8 Å². The Kier molecular flexibility index (Phi) is 5.55. The number of aliphatic hydroxyl groups excluding tert-OH is 1. The minimum absolute atomic E-state index is 0.0635. The fraction of sp³-hybridized carbons (Fsp3) is 0.278. The number of nitrogens with one attached hydrogen (secondary N) is 1. The number of rotatable bonds is 6. The summed E-state index contributed by atoms with van der Waals surface area (Å²) in [4.78, 5) is 12.2. The zero-order valence-electron chi connectivity index (χ0n) is 12.6. The summed E-state index contributed by atoms with van der Waals surface area (Å²) in [5, 5.41) is 21.7. The second-order valence-electron chi connectivity index (χ2n) is 5.39. The first-order valence-corrected chi connectivity index (χ1v) is 7.35. The molecule has 22 heavy (non-hydrogen) atoms. The lowest BCUT2D eigenvalue weighted by atomic mass is 9.96. The van der Waals surface area contributed by atoms with E-state index in [-0.39, 0.29) is 24.2 Å². The second kappa shape index (κ2) is 7.61. The van der Waals surface area contributed by atoms with Gasteiger partial charge in [0.1, 0.15) is 5.75 Å². The SMILES string of the molecule is Cc1cc(O)cc(C(=O)NCC(CCO)c2ccccc2)c1. The number of hydrogen-bond acceptors (Lipinski definition) is 3. The molecule has 0 saturated carbocycles. The lowest BCUT2D eigenvalue weighted by Gasteiger charge is -2.17. The molecule has 1 amide bonds. The van der Waals surface area contributed by atoms with E-state index in [4.69, 9.17) is 0 Å². The van der Waals surface area contributed by atoms with Gasteiger partial charge in [0, 0.05) is 24.6 Å². The summed E-state index contributed by atoms with van der Waals surface area (Å²) < 4.78 is 0. The molecule has 0 bridgehead atoms. The van der Waals surface area contributed by atoms with Crippen LogP contribution in [0.2, 0.25) is 0 Å². The van der Waals surface area contributed by atoms with Crippen LogP contribution in [0.25, 0.3) is 0 Å². The molecule has 116 valence electrons. The molecule has 0 aromatic heterocycles. The maximum absolute atomic E-state index is 12.2. The van der Waals surface area contributed by atoms with Gasteiger partial charge in [-0.25, -0.2) is 0 Å². The number of aromatic hydroxyl groups is 1. The quantitative estimate of drug-likeness (QED) is 0.768. The van der Waals surface area contributed by atoms with E-state index in [1.165, 1.54) is 6.07 Å². The van der Waals surface area contributed by atoms with Crippen molar-refractivity contribution in [3.63, 3.8) is 0 Å². The molecule has 0 saturated heterocycles. The topological polar surface area (TPSA) is 69.6 Å². The van der Waals surface area contributed by atoms with Crippen molar-refractivity contribution < 1.29 is 15.0 Å². The Hall–Kier alpha value is -2.33. The number of hydrogen-bond donors (Lipinski definition) is 3. The first kappa shape index (κ1) is 16.0. The average molecular weight is 299 g/mol. The summed E-state index contributed by atoms with van der Waals surface area (Å²) in [5.74, 6) is -0.0773. The summed E-state index contributed by atoms with van der Waals surface area (Å²) in [5.41, 5.74) is 2.36. The van der Waals surface area contributed by atoms with Crippen LogP contribution in [0.15, 0.2) is 48.5 Å². The highest BCUT2D eigenvalue weighted by atomic mass is 16.3. The van der Waals surface area contributed by atoms with Crippen molar-refractivity contribution in [3.8, 4) is 5.75 Å². The van der Waals surface area contributed by atoms with Gasteiger partial charge in [-0.15, -0.1) is 0 Å². The molecule has 1 unspecified atom stereocenters. The van der Waals surface area contributed by atoms with Gasteiger partial charge in [0.2, 0.25) is 0 Å². The highest BCUT2D eigenvalue weighted by Crippen LogP contribution is 2.19. The molecule has 0 aliphatic carbocycles. The van der Waals surface area contributed by atoms with Crippen LogP contribution < -0.4 is 5.32 Å². The lowest BCUT2D eigenvalue weighted by Crippen LogP contribution is -2.28. The zero-order valence-corrected chi connectivity index (χ0v) is 12.6. The van der Waals surface area contributed by atoms with Crippen LogP contribution in [0.5, 0.6) is 5.75 Å². The van der Waals surface area contributed by atoms with Crippen LogP contribution in [0.4, 0.5) is 0 Å². The number of phenolic OH excluding ortho intramolecular Hbond substituents is 1. The molecule has 1 atom stereocenters. The van der Waals surface area contributed by atoms with Crippen molar-refractivity contribution in [1.82, 2.24) is 5.32 Å². The maximum atomic E-state index is 12.2. The number of aliphatic hydroxyl groups is 1. The van der Waals surface area contributed by atoms with Crippen molar-refractivity contribution in [2.45, 2.75) is 19.3 Å². The average Bonchev–Trinajstić information content (AvgIpc) is 2.51. The van der Waals surface area contributed by atoms with Gasteiger partial charge < -0.3 is 15.5 Å².